The van der Waals surface area contributed by atoms with E-state index in [2.05, 4.69) is 10.2 Å². The number of aryl methyl sites for hydroxylation is 2. The minimum Gasteiger partial charge on any atom is -0.477 e. The average Bonchev–Trinajstić information content (AvgIpc) is 3.29. The maximum atomic E-state index is 12.6. The Morgan fingerprint density at radius 1 is 1.19 bits per heavy atom. The molecule has 2 aromatic rings. The summed E-state index contributed by atoms with van der Waals surface area (Å²) < 4.78 is 29.2. The van der Waals surface area contributed by atoms with Gasteiger partial charge in [0.2, 0.25) is 15.9 Å². The Morgan fingerprint density at radius 2 is 1.89 bits per heavy atom. The largest absolute Gasteiger partial charge is 0.477 e. The second-order valence-electron chi connectivity index (χ2n) is 6.13. The van der Waals surface area contributed by atoms with Crippen LogP contribution in [-0.2, 0) is 28.4 Å². The van der Waals surface area contributed by atoms with Crippen LogP contribution in [-0.4, -0.2) is 80.3 Å². The first-order valence-electron chi connectivity index (χ1n) is 8.30. The molecule has 0 atom stereocenters. The molecule has 0 spiro atoms. The Kier molecular flexibility index (Phi) is 5.28. The van der Waals surface area contributed by atoms with Crippen LogP contribution < -0.4 is 0 Å². The van der Waals surface area contributed by atoms with E-state index in [-0.39, 0.29) is 55.6 Å². The number of carboxylic acid groups (broad SMARTS) is 1. The summed E-state index contributed by atoms with van der Waals surface area (Å²) in [6.07, 6.45) is 4.21. The summed E-state index contributed by atoms with van der Waals surface area (Å²) in [6, 6.07) is 1.37. The number of carboxylic acids is 1. The van der Waals surface area contributed by atoms with E-state index in [9.17, 15) is 18.0 Å². The number of hydrogen-bond donors (Lipinski definition) is 1. The van der Waals surface area contributed by atoms with Gasteiger partial charge in [0, 0.05) is 52.0 Å². The van der Waals surface area contributed by atoms with Gasteiger partial charge in [-0.25, -0.2) is 13.2 Å². The maximum absolute atomic E-state index is 12.6. The molecular weight excluding hydrogens is 376 g/mol. The molecule has 3 rings (SSSR count). The molecule has 1 aliphatic heterocycles. The molecule has 27 heavy (non-hydrogen) atoms. The van der Waals surface area contributed by atoms with E-state index in [1.807, 2.05) is 0 Å². The highest BCUT2D eigenvalue weighted by atomic mass is 32.2. The van der Waals surface area contributed by atoms with Crippen molar-refractivity contribution in [2.75, 3.05) is 26.2 Å². The lowest BCUT2D eigenvalue weighted by Gasteiger charge is -2.33. The van der Waals surface area contributed by atoms with Crippen LogP contribution in [0.3, 0.4) is 0 Å². The molecule has 0 saturated carbocycles. The van der Waals surface area contributed by atoms with Gasteiger partial charge >= 0.3 is 5.97 Å². The topological polar surface area (TPSA) is 131 Å². The van der Waals surface area contributed by atoms with Crippen molar-refractivity contribution in [1.29, 1.82) is 0 Å². The van der Waals surface area contributed by atoms with Crippen LogP contribution in [0.25, 0.3) is 0 Å². The number of sulfonamides is 1. The van der Waals surface area contributed by atoms with E-state index in [0.717, 1.165) is 0 Å². The molecule has 2 aromatic heterocycles. The van der Waals surface area contributed by atoms with E-state index >= 15 is 0 Å². The van der Waals surface area contributed by atoms with Gasteiger partial charge < -0.3 is 10.0 Å². The van der Waals surface area contributed by atoms with Gasteiger partial charge in [-0.3, -0.25) is 14.2 Å². The zero-order valence-electron chi connectivity index (χ0n) is 14.7. The first kappa shape index (κ1) is 19.0. The Labute approximate surface area is 155 Å². The molecule has 3 heterocycles. The number of rotatable bonds is 6. The fraction of sp³-hybridized carbons (Fsp3) is 0.467. The fourth-order valence-corrected chi connectivity index (χ4v) is 4.32. The molecule has 0 aliphatic carbocycles. The van der Waals surface area contributed by atoms with Crippen LogP contribution >= 0.6 is 0 Å². The number of piperazine rings is 1. The molecule has 12 heteroatoms. The van der Waals surface area contributed by atoms with Gasteiger partial charge in [-0.2, -0.15) is 14.5 Å². The van der Waals surface area contributed by atoms with Gasteiger partial charge in [0.1, 0.15) is 10.6 Å². The van der Waals surface area contributed by atoms with Crippen molar-refractivity contribution in [3.05, 3.63) is 30.4 Å². The third-order valence-electron chi connectivity index (χ3n) is 4.38. The first-order chi connectivity index (χ1) is 12.8. The first-order valence-corrected chi connectivity index (χ1v) is 9.75. The predicted molar refractivity (Wildman–Crippen MR) is 92.4 cm³/mol. The molecule has 0 bridgehead atoms. The van der Waals surface area contributed by atoms with Gasteiger partial charge in [-0.05, 0) is 6.07 Å². The molecule has 11 nitrogen and oxygen atoms in total. The van der Waals surface area contributed by atoms with Gasteiger partial charge in [-0.15, -0.1) is 0 Å². The monoisotopic (exact) mass is 396 g/mol. The number of amides is 1. The van der Waals surface area contributed by atoms with Crippen LogP contribution in [0.4, 0.5) is 0 Å². The van der Waals surface area contributed by atoms with Crippen LogP contribution in [0.15, 0.2) is 29.6 Å². The summed E-state index contributed by atoms with van der Waals surface area (Å²) in [7, 11) is -1.98. The molecule has 1 amide bonds. The highest BCUT2D eigenvalue weighted by Crippen LogP contribution is 2.17. The predicted octanol–water partition coefficient (Wildman–Crippen LogP) is -0.762. The van der Waals surface area contributed by atoms with E-state index in [0.29, 0.717) is 0 Å². The number of aromatic nitrogens is 4. The Morgan fingerprint density at radius 3 is 2.48 bits per heavy atom. The molecule has 1 N–H and O–H groups in total. The standard InChI is InChI=1S/C15H20N6O5S/c1-18-11-12(10-17-18)27(25,26)20-8-6-19(7-9-20)14(22)3-5-21-13(15(23)24)2-4-16-21/h2,4,10-11H,3,5-9H2,1H3,(H,23,24). The van der Waals surface area contributed by atoms with Crippen LogP contribution in [0.1, 0.15) is 16.9 Å². The van der Waals surface area contributed by atoms with Crippen LogP contribution in [0, 0.1) is 0 Å². The van der Waals surface area contributed by atoms with E-state index < -0.39 is 16.0 Å². The zero-order chi connectivity index (χ0) is 19.6. The highest BCUT2D eigenvalue weighted by molar-refractivity contribution is 7.89. The SMILES string of the molecule is Cn1cc(S(=O)(=O)N2CCN(C(=O)CCn3nccc3C(=O)O)CC2)cn1. The number of nitrogens with zero attached hydrogens (tertiary/aromatic N) is 6. The number of carbonyl (C=O) groups excluding carboxylic acids is 1. The molecule has 1 fully saturated rings. The summed E-state index contributed by atoms with van der Waals surface area (Å²) in [4.78, 5) is 25.1. The van der Waals surface area contributed by atoms with E-state index in [1.54, 1.807) is 11.9 Å². The molecule has 1 aliphatic rings. The smallest absolute Gasteiger partial charge is 0.354 e. The minimum absolute atomic E-state index is 0.0233. The molecule has 146 valence electrons. The summed E-state index contributed by atoms with van der Waals surface area (Å²) in [5, 5.41) is 16.8. The number of aromatic carboxylic acids is 1. The lowest BCUT2D eigenvalue weighted by atomic mass is 10.3. The molecule has 0 aromatic carbocycles. The Bertz CT molecular complexity index is 942. The quantitative estimate of drug-likeness (QED) is 0.679. The zero-order valence-corrected chi connectivity index (χ0v) is 15.5. The van der Waals surface area contributed by atoms with E-state index in [1.165, 1.54) is 38.3 Å². The number of carbonyl (C=O) groups is 2. The lowest BCUT2D eigenvalue weighted by molar-refractivity contribution is -0.132. The van der Waals surface area contributed by atoms with Gasteiger partial charge in [0.05, 0.1) is 12.7 Å². The van der Waals surface area contributed by atoms with Gasteiger partial charge in [0.25, 0.3) is 0 Å². The fourth-order valence-electron chi connectivity index (χ4n) is 2.91. The summed E-state index contributed by atoms with van der Waals surface area (Å²) in [5.74, 6) is -1.27. The number of hydrogen-bond acceptors (Lipinski definition) is 6. The van der Waals surface area contributed by atoms with Crippen molar-refractivity contribution in [3.63, 3.8) is 0 Å². The minimum atomic E-state index is -3.62. The Hall–Kier alpha value is -2.73. The van der Waals surface area contributed by atoms with E-state index in [4.69, 9.17) is 5.11 Å². The average molecular weight is 396 g/mol. The van der Waals surface area contributed by atoms with Gasteiger partial charge in [0.15, 0.2) is 0 Å². The van der Waals surface area contributed by atoms with Crippen LogP contribution in [0.5, 0.6) is 0 Å². The van der Waals surface area contributed by atoms with Crippen molar-refractivity contribution in [3.8, 4) is 0 Å². The Balaban J connectivity index is 1.55. The molecule has 0 unspecified atom stereocenters. The summed E-state index contributed by atoms with van der Waals surface area (Å²) in [6.45, 7) is 1.12. The molecular formula is C15H20N6O5S. The van der Waals surface area contributed by atoms with Crippen molar-refractivity contribution in [2.45, 2.75) is 17.9 Å². The molecule has 0 radical (unpaired) electrons. The molecule has 1 saturated heterocycles. The normalized spacial score (nSPS) is 15.8. The van der Waals surface area contributed by atoms with Gasteiger partial charge in [-0.1, -0.05) is 0 Å². The summed E-state index contributed by atoms with van der Waals surface area (Å²) >= 11 is 0. The van der Waals surface area contributed by atoms with Crippen molar-refractivity contribution >= 4 is 21.9 Å². The van der Waals surface area contributed by atoms with Crippen LogP contribution in [0.2, 0.25) is 0 Å². The third kappa shape index (κ3) is 4.01. The van der Waals surface area contributed by atoms with Crippen molar-refractivity contribution < 1.29 is 23.1 Å². The summed E-state index contributed by atoms with van der Waals surface area (Å²) in [5.41, 5.74) is 0.0233. The second kappa shape index (κ2) is 7.48. The van der Waals surface area contributed by atoms with Crippen molar-refractivity contribution in [2.24, 2.45) is 7.05 Å². The maximum Gasteiger partial charge on any atom is 0.354 e. The third-order valence-corrected chi connectivity index (χ3v) is 6.23. The highest BCUT2D eigenvalue weighted by Gasteiger charge is 2.30. The lowest BCUT2D eigenvalue weighted by Crippen LogP contribution is -2.50. The van der Waals surface area contributed by atoms with Crippen molar-refractivity contribution in [1.82, 2.24) is 28.8 Å². The second-order valence-corrected chi connectivity index (χ2v) is 8.07.